The quantitative estimate of drug-likeness (QED) is 0.276. The predicted octanol–water partition coefficient (Wildman–Crippen LogP) is 4.25. The lowest BCUT2D eigenvalue weighted by Crippen LogP contribution is -2.25. The number of fused-ring (bicyclic) bond motifs is 1. The summed E-state index contributed by atoms with van der Waals surface area (Å²) in [6, 6.07) is 12.1. The zero-order chi connectivity index (χ0) is 23.0. The normalized spacial score (nSPS) is 10.8. The number of nitrogens with one attached hydrogen (secondary N) is 1. The molecule has 0 atom stereocenters. The molecule has 9 nitrogen and oxygen atoms in total. The number of hydrogen-bond donors (Lipinski definition) is 2. The number of halogens is 2. The summed E-state index contributed by atoms with van der Waals surface area (Å²) < 4.78 is 23.3. The van der Waals surface area contributed by atoms with Crippen molar-refractivity contribution in [1.29, 1.82) is 0 Å². The number of carbonyl (C=O) groups is 1. The monoisotopic (exact) mass is 547 g/mol. The van der Waals surface area contributed by atoms with E-state index in [9.17, 15) is 18.9 Å². The SMILES string of the molecule is Cn1c(Nc2ccc(I)cc2F)c(C(N)=O)c(Oc2cccc3c2ccn3N=O)cc1=O. The number of amides is 1. The highest BCUT2D eigenvalue weighted by molar-refractivity contribution is 14.1. The minimum Gasteiger partial charge on any atom is -0.455 e. The number of benzene rings is 2. The van der Waals surface area contributed by atoms with Gasteiger partial charge in [-0.3, -0.25) is 14.2 Å². The third kappa shape index (κ3) is 3.82. The van der Waals surface area contributed by atoms with Crippen LogP contribution in [0.5, 0.6) is 11.5 Å². The number of nitrogens with zero attached hydrogens (tertiary/aromatic N) is 3. The molecular weight excluding hydrogens is 532 g/mol. The van der Waals surface area contributed by atoms with Crippen molar-refractivity contribution in [2.45, 2.75) is 0 Å². The molecule has 162 valence electrons. The van der Waals surface area contributed by atoms with E-state index in [1.807, 2.05) is 22.6 Å². The van der Waals surface area contributed by atoms with Crippen LogP contribution in [-0.2, 0) is 7.05 Å². The van der Waals surface area contributed by atoms with Gasteiger partial charge in [0.05, 0.1) is 16.5 Å². The van der Waals surface area contributed by atoms with E-state index in [-0.39, 0.29) is 28.6 Å². The number of rotatable bonds is 6. The average molecular weight is 547 g/mol. The van der Waals surface area contributed by atoms with Gasteiger partial charge in [-0.2, -0.15) is 0 Å². The second-order valence-electron chi connectivity index (χ2n) is 6.78. The third-order valence-corrected chi connectivity index (χ3v) is 5.49. The highest BCUT2D eigenvalue weighted by Crippen LogP contribution is 2.35. The number of primary amides is 1. The number of anilines is 2. The number of aromatic nitrogens is 2. The fourth-order valence-electron chi connectivity index (χ4n) is 3.26. The van der Waals surface area contributed by atoms with Crippen LogP contribution in [0.2, 0.25) is 0 Å². The van der Waals surface area contributed by atoms with Gasteiger partial charge < -0.3 is 15.8 Å². The van der Waals surface area contributed by atoms with E-state index in [0.29, 0.717) is 14.5 Å². The van der Waals surface area contributed by atoms with Gasteiger partial charge in [-0.1, -0.05) is 6.07 Å². The summed E-state index contributed by atoms with van der Waals surface area (Å²) >= 11 is 1.97. The van der Waals surface area contributed by atoms with E-state index in [1.165, 1.54) is 25.4 Å². The van der Waals surface area contributed by atoms with Crippen LogP contribution in [0.25, 0.3) is 10.9 Å². The fraction of sp³-hybridized carbons (Fsp3) is 0.0476. The molecule has 0 aliphatic rings. The first-order valence-corrected chi connectivity index (χ1v) is 10.3. The molecule has 0 spiro atoms. The number of nitroso groups, excluding NO2 is 1. The Morgan fingerprint density at radius 3 is 2.66 bits per heavy atom. The maximum Gasteiger partial charge on any atom is 0.256 e. The van der Waals surface area contributed by atoms with Crippen molar-refractivity contribution in [3.05, 3.63) is 84.9 Å². The first-order valence-electron chi connectivity index (χ1n) is 9.17. The van der Waals surface area contributed by atoms with Crippen molar-refractivity contribution in [2.24, 2.45) is 18.1 Å². The van der Waals surface area contributed by atoms with E-state index >= 15 is 0 Å². The second kappa shape index (κ2) is 8.42. The number of hydrogen-bond acceptors (Lipinski definition) is 6. The van der Waals surface area contributed by atoms with Gasteiger partial charge in [-0.15, -0.1) is 4.91 Å². The molecule has 0 aliphatic heterocycles. The summed E-state index contributed by atoms with van der Waals surface area (Å²) in [6.45, 7) is 0. The van der Waals surface area contributed by atoms with Crippen molar-refractivity contribution in [3.63, 3.8) is 0 Å². The van der Waals surface area contributed by atoms with Gasteiger partial charge in [0.2, 0.25) is 0 Å². The van der Waals surface area contributed by atoms with Crippen molar-refractivity contribution in [3.8, 4) is 11.5 Å². The summed E-state index contributed by atoms with van der Waals surface area (Å²) in [6.07, 6.45) is 1.45. The molecule has 4 aromatic rings. The maximum absolute atomic E-state index is 14.4. The molecule has 0 saturated heterocycles. The minimum atomic E-state index is -0.886. The standard InChI is InChI=1S/C21H15FIN5O4/c1-27-18(29)10-17(32-16-4-2-3-15-12(16)7-8-28(15)26-31)19(20(24)30)21(27)25-14-6-5-11(23)9-13(14)22/h2-10,25H,1H3,(H2,24,30). The minimum absolute atomic E-state index is 0.0283. The predicted molar refractivity (Wildman–Crippen MR) is 126 cm³/mol. The number of carbonyl (C=O) groups excluding carboxylic acids is 1. The van der Waals surface area contributed by atoms with E-state index in [1.54, 1.807) is 30.3 Å². The molecule has 2 aromatic heterocycles. The molecule has 0 unspecified atom stereocenters. The maximum atomic E-state index is 14.4. The van der Waals surface area contributed by atoms with Gasteiger partial charge in [0, 0.05) is 28.3 Å². The lowest BCUT2D eigenvalue weighted by molar-refractivity contribution is 0.0998. The van der Waals surface area contributed by atoms with Crippen molar-refractivity contribution >= 4 is 50.9 Å². The van der Waals surface area contributed by atoms with Crippen molar-refractivity contribution in [2.75, 3.05) is 5.32 Å². The zero-order valence-corrected chi connectivity index (χ0v) is 18.7. The van der Waals surface area contributed by atoms with Crippen LogP contribution >= 0.6 is 22.6 Å². The Labute approximate surface area is 193 Å². The third-order valence-electron chi connectivity index (χ3n) is 4.81. The van der Waals surface area contributed by atoms with Gasteiger partial charge in [-0.25, -0.2) is 9.07 Å². The van der Waals surface area contributed by atoms with Crippen molar-refractivity contribution in [1.82, 2.24) is 9.24 Å². The molecule has 1 amide bonds. The van der Waals surface area contributed by atoms with E-state index in [4.69, 9.17) is 10.5 Å². The van der Waals surface area contributed by atoms with Crippen LogP contribution in [0.3, 0.4) is 0 Å². The Kier molecular flexibility index (Phi) is 5.65. The Balaban J connectivity index is 1.87. The molecular formula is C21H15FIN5O4. The average Bonchev–Trinajstić information content (AvgIpc) is 3.17. The van der Waals surface area contributed by atoms with Gasteiger partial charge in [0.15, 0.2) is 0 Å². The number of nitrogens with two attached hydrogens (primary N) is 1. The zero-order valence-electron chi connectivity index (χ0n) is 16.5. The molecule has 0 aliphatic carbocycles. The van der Waals surface area contributed by atoms with Gasteiger partial charge in [-0.05, 0) is 59.0 Å². The highest BCUT2D eigenvalue weighted by Gasteiger charge is 2.22. The molecule has 11 heteroatoms. The Hall–Kier alpha value is -3.74. The van der Waals surface area contributed by atoms with Crippen LogP contribution in [0.1, 0.15) is 10.4 Å². The molecule has 0 bridgehead atoms. The van der Waals surface area contributed by atoms with E-state index in [0.717, 1.165) is 15.3 Å². The van der Waals surface area contributed by atoms with Gasteiger partial charge in [0.25, 0.3) is 11.5 Å². The van der Waals surface area contributed by atoms with Crippen LogP contribution in [-0.4, -0.2) is 15.2 Å². The lowest BCUT2D eigenvalue weighted by atomic mass is 10.2. The Morgan fingerprint density at radius 2 is 1.97 bits per heavy atom. The molecule has 3 N–H and O–H groups in total. The van der Waals surface area contributed by atoms with Crippen molar-refractivity contribution < 1.29 is 13.9 Å². The summed E-state index contributed by atoms with van der Waals surface area (Å²) in [4.78, 5) is 35.9. The topological polar surface area (TPSA) is 121 Å². The van der Waals surface area contributed by atoms with Crippen LogP contribution in [0, 0.1) is 14.3 Å². The van der Waals surface area contributed by atoms with Crippen LogP contribution in [0.4, 0.5) is 15.9 Å². The number of ether oxygens (including phenoxy) is 1. The molecule has 0 fully saturated rings. The molecule has 4 rings (SSSR count). The van der Waals surface area contributed by atoms with E-state index < -0.39 is 17.3 Å². The highest BCUT2D eigenvalue weighted by atomic mass is 127. The van der Waals surface area contributed by atoms with Crippen LogP contribution < -0.4 is 21.3 Å². The Bertz CT molecular complexity index is 1450. The summed E-state index contributed by atoms with van der Waals surface area (Å²) in [5.41, 5.74) is 5.48. The smallest absolute Gasteiger partial charge is 0.256 e. The summed E-state index contributed by atoms with van der Waals surface area (Å²) in [7, 11) is 1.42. The summed E-state index contributed by atoms with van der Waals surface area (Å²) in [5.74, 6) is -1.33. The summed E-state index contributed by atoms with van der Waals surface area (Å²) in [5, 5.41) is 6.20. The molecule has 0 radical (unpaired) electrons. The molecule has 2 aromatic carbocycles. The fourth-order valence-corrected chi connectivity index (χ4v) is 3.72. The molecule has 2 heterocycles. The first kappa shape index (κ1) is 21.5. The first-order chi connectivity index (χ1) is 15.3. The molecule has 0 saturated carbocycles. The van der Waals surface area contributed by atoms with Gasteiger partial charge >= 0.3 is 0 Å². The Morgan fingerprint density at radius 1 is 1.19 bits per heavy atom. The largest absolute Gasteiger partial charge is 0.455 e. The van der Waals surface area contributed by atoms with Crippen LogP contribution in [0.15, 0.2) is 64.8 Å². The lowest BCUT2D eigenvalue weighted by Gasteiger charge is -2.18. The molecule has 32 heavy (non-hydrogen) atoms. The number of pyridine rings is 1. The second-order valence-corrected chi connectivity index (χ2v) is 8.02. The van der Waals surface area contributed by atoms with E-state index in [2.05, 4.69) is 10.6 Å². The van der Waals surface area contributed by atoms with Gasteiger partial charge in [0.1, 0.15) is 28.7 Å².